The van der Waals surface area contributed by atoms with Crippen molar-refractivity contribution in [1.82, 2.24) is 4.90 Å². The second kappa shape index (κ2) is 9.98. The molecule has 5 nitrogen and oxygen atoms in total. The van der Waals surface area contributed by atoms with Crippen molar-refractivity contribution in [2.75, 3.05) is 20.3 Å². The highest BCUT2D eigenvalue weighted by atomic mass is 16.5. The highest BCUT2D eigenvalue weighted by Gasteiger charge is 2.42. The van der Waals surface area contributed by atoms with Gasteiger partial charge in [-0.25, -0.2) is 0 Å². The minimum atomic E-state index is -0.338. The maximum absolute atomic E-state index is 13.3. The summed E-state index contributed by atoms with van der Waals surface area (Å²) >= 11 is 0. The summed E-state index contributed by atoms with van der Waals surface area (Å²) in [6.07, 6.45) is 7.91. The van der Waals surface area contributed by atoms with Gasteiger partial charge in [-0.1, -0.05) is 19.1 Å². The van der Waals surface area contributed by atoms with Gasteiger partial charge in [0.05, 0.1) is 13.2 Å². The molecule has 1 aromatic carbocycles. The molecular weight excluding hydrogens is 414 g/mol. The molecule has 33 heavy (non-hydrogen) atoms. The molecule has 0 saturated carbocycles. The smallest absolute Gasteiger partial charge is 0.164 e. The van der Waals surface area contributed by atoms with Crippen LogP contribution in [-0.4, -0.2) is 36.7 Å². The third-order valence-corrected chi connectivity index (χ3v) is 6.85. The van der Waals surface area contributed by atoms with Crippen LogP contribution in [0.25, 0.3) is 0 Å². The third kappa shape index (κ3) is 4.25. The van der Waals surface area contributed by atoms with Crippen molar-refractivity contribution in [3.63, 3.8) is 0 Å². The average molecular weight is 450 g/mol. The lowest BCUT2D eigenvalue weighted by atomic mass is 9.71. The van der Waals surface area contributed by atoms with Gasteiger partial charge in [-0.05, 0) is 57.1 Å². The first-order valence-electron chi connectivity index (χ1n) is 12.3. The molecule has 2 aliphatic carbocycles. The summed E-state index contributed by atoms with van der Waals surface area (Å²) in [5.74, 6) is 1.40. The van der Waals surface area contributed by atoms with Crippen LogP contribution < -0.4 is 9.47 Å². The van der Waals surface area contributed by atoms with Gasteiger partial charge in [0, 0.05) is 53.9 Å². The number of hydrogen-bond acceptors (Lipinski definition) is 5. The van der Waals surface area contributed by atoms with Gasteiger partial charge in [-0.15, -0.1) is 6.58 Å². The zero-order chi connectivity index (χ0) is 23.5. The fourth-order valence-corrected chi connectivity index (χ4v) is 5.47. The number of benzene rings is 1. The van der Waals surface area contributed by atoms with Crippen molar-refractivity contribution in [1.29, 1.82) is 0 Å². The molecule has 176 valence electrons. The lowest BCUT2D eigenvalue weighted by Gasteiger charge is -2.42. The number of carbonyl (C=O) groups is 2. The molecule has 0 radical (unpaired) electrons. The van der Waals surface area contributed by atoms with Crippen molar-refractivity contribution < 1.29 is 19.1 Å². The molecule has 0 atom stereocenters. The van der Waals surface area contributed by atoms with Gasteiger partial charge in [0.15, 0.2) is 23.1 Å². The predicted octanol–water partition coefficient (Wildman–Crippen LogP) is 5.65. The summed E-state index contributed by atoms with van der Waals surface area (Å²) in [5.41, 5.74) is 5.68. The van der Waals surface area contributed by atoms with Crippen molar-refractivity contribution in [2.45, 2.75) is 71.1 Å². The summed E-state index contributed by atoms with van der Waals surface area (Å²) in [5, 5.41) is 0. The molecular formula is C28H35NO4. The highest BCUT2D eigenvalue weighted by molar-refractivity contribution is 6.06. The van der Waals surface area contributed by atoms with E-state index in [1.54, 1.807) is 0 Å². The van der Waals surface area contributed by atoms with Crippen LogP contribution in [0.2, 0.25) is 0 Å². The number of nitrogens with zero attached hydrogens (tertiary/aromatic N) is 1. The molecule has 4 rings (SSSR count). The molecule has 1 aromatic rings. The average Bonchev–Trinajstić information content (AvgIpc) is 2.80. The molecule has 0 spiro atoms. The van der Waals surface area contributed by atoms with Gasteiger partial charge in [0.25, 0.3) is 0 Å². The van der Waals surface area contributed by atoms with Crippen LogP contribution in [0.5, 0.6) is 11.5 Å². The van der Waals surface area contributed by atoms with Crippen molar-refractivity contribution >= 4 is 11.6 Å². The van der Waals surface area contributed by atoms with Crippen LogP contribution in [0.15, 0.2) is 47.3 Å². The number of Topliss-reactive ketones (excluding diaryl/α,β-unsaturated/α-hetero) is 2. The van der Waals surface area contributed by atoms with Gasteiger partial charge in [-0.3, -0.25) is 9.59 Å². The molecule has 0 bridgehead atoms. The van der Waals surface area contributed by atoms with Gasteiger partial charge in [0.1, 0.15) is 0 Å². The number of ether oxygens (including phenoxy) is 2. The zero-order valence-corrected chi connectivity index (χ0v) is 20.2. The maximum Gasteiger partial charge on any atom is 0.164 e. The van der Waals surface area contributed by atoms with Crippen LogP contribution in [0.4, 0.5) is 0 Å². The van der Waals surface area contributed by atoms with E-state index in [-0.39, 0.29) is 17.5 Å². The van der Waals surface area contributed by atoms with Crippen LogP contribution in [0.3, 0.4) is 0 Å². The Bertz CT molecular complexity index is 989. The minimum Gasteiger partial charge on any atom is -0.490 e. The fourth-order valence-electron chi connectivity index (χ4n) is 5.47. The molecule has 0 unspecified atom stereocenters. The fraction of sp³-hybridized carbons (Fsp3) is 0.500. The van der Waals surface area contributed by atoms with Crippen molar-refractivity contribution in [3.8, 4) is 11.5 Å². The molecule has 1 heterocycles. The first-order chi connectivity index (χ1) is 16.0. The molecule has 0 N–H and O–H groups in total. The van der Waals surface area contributed by atoms with E-state index in [0.29, 0.717) is 38.2 Å². The van der Waals surface area contributed by atoms with E-state index < -0.39 is 0 Å². The topological polar surface area (TPSA) is 55.8 Å². The van der Waals surface area contributed by atoms with E-state index in [1.165, 1.54) is 0 Å². The normalized spacial score (nSPS) is 18.9. The van der Waals surface area contributed by atoms with Crippen LogP contribution in [-0.2, 0) is 16.0 Å². The zero-order valence-electron chi connectivity index (χ0n) is 20.2. The standard InChI is InChI=1S/C28H35NO4/c1-5-10-18-16-19(17-24(32-7-3)28(18)33-15-6-2)25-26-20(11-8-13-22(26)30)29(4)21-12-9-14-23(31)27(21)25/h5,16-17,25H,1,6-15H2,2-4H3. The van der Waals surface area contributed by atoms with Gasteiger partial charge < -0.3 is 14.4 Å². The Morgan fingerprint density at radius 1 is 1.00 bits per heavy atom. The van der Waals surface area contributed by atoms with E-state index in [9.17, 15) is 9.59 Å². The first kappa shape index (κ1) is 23.3. The van der Waals surface area contributed by atoms with Crippen LogP contribution >= 0.6 is 0 Å². The quantitative estimate of drug-likeness (QED) is 0.480. The summed E-state index contributed by atoms with van der Waals surface area (Å²) in [4.78, 5) is 28.7. The maximum atomic E-state index is 13.3. The molecule has 0 amide bonds. The van der Waals surface area contributed by atoms with Crippen molar-refractivity contribution in [2.24, 2.45) is 0 Å². The van der Waals surface area contributed by atoms with E-state index in [0.717, 1.165) is 71.5 Å². The summed E-state index contributed by atoms with van der Waals surface area (Å²) in [6.45, 7) is 9.06. The molecule has 0 fully saturated rings. The summed E-state index contributed by atoms with van der Waals surface area (Å²) < 4.78 is 12.1. The van der Waals surface area contributed by atoms with Gasteiger partial charge >= 0.3 is 0 Å². The van der Waals surface area contributed by atoms with Gasteiger partial charge in [0.2, 0.25) is 0 Å². The monoisotopic (exact) mass is 449 g/mol. The second-order valence-electron chi connectivity index (χ2n) is 9.05. The Morgan fingerprint density at radius 3 is 2.18 bits per heavy atom. The van der Waals surface area contributed by atoms with E-state index in [4.69, 9.17) is 9.47 Å². The number of allylic oxidation sites excluding steroid dienone is 5. The summed E-state index contributed by atoms with van der Waals surface area (Å²) in [7, 11) is 2.02. The van der Waals surface area contributed by atoms with E-state index >= 15 is 0 Å². The van der Waals surface area contributed by atoms with Gasteiger partial charge in [-0.2, -0.15) is 0 Å². The number of rotatable bonds is 8. The Hall–Kier alpha value is -2.82. The Kier molecular flexibility index (Phi) is 7.06. The van der Waals surface area contributed by atoms with E-state index in [2.05, 4.69) is 24.5 Å². The number of carbonyl (C=O) groups excluding carboxylic acids is 2. The SMILES string of the molecule is C=CCc1cc(C2C3=C(CCCC3=O)N(C)C3=C2C(=O)CCC3)cc(OCC)c1OCCC. The Labute approximate surface area is 197 Å². The van der Waals surface area contributed by atoms with Crippen molar-refractivity contribution in [3.05, 3.63) is 58.5 Å². The predicted molar refractivity (Wildman–Crippen MR) is 130 cm³/mol. The Morgan fingerprint density at radius 2 is 1.64 bits per heavy atom. The van der Waals surface area contributed by atoms with E-state index in [1.807, 2.05) is 26.1 Å². The second-order valence-corrected chi connectivity index (χ2v) is 9.05. The first-order valence-corrected chi connectivity index (χ1v) is 12.3. The third-order valence-electron chi connectivity index (χ3n) is 6.85. The number of ketones is 2. The lowest BCUT2D eigenvalue weighted by Crippen LogP contribution is -2.37. The lowest BCUT2D eigenvalue weighted by molar-refractivity contribution is -0.117. The van der Waals surface area contributed by atoms with Crippen LogP contribution in [0.1, 0.15) is 75.8 Å². The largest absolute Gasteiger partial charge is 0.490 e. The molecule has 0 saturated heterocycles. The molecule has 1 aliphatic heterocycles. The highest BCUT2D eigenvalue weighted by Crippen LogP contribution is 2.50. The number of hydrogen-bond donors (Lipinski definition) is 0. The molecule has 3 aliphatic rings. The summed E-state index contributed by atoms with van der Waals surface area (Å²) in [6, 6.07) is 4.10. The van der Waals surface area contributed by atoms with Crippen LogP contribution in [0, 0.1) is 0 Å². The Balaban J connectivity index is 1.94. The molecule has 0 aromatic heterocycles. The minimum absolute atomic E-state index is 0.160. The molecule has 5 heteroatoms.